The van der Waals surface area contributed by atoms with Crippen molar-refractivity contribution in [3.8, 4) is 5.75 Å². The highest BCUT2D eigenvalue weighted by Gasteiger charge is 2.21. The van der Waals surface area contributed by atoms with Gasteiger partial charge in [-0.25, -0.2) is 14.2 Å². The molecule has 0 heterocycles. The van der Waals surface area contributed by atoms with Crippen molar-refractivity contribution >= 4 is 20.2 Å². The highest BCUT2D eigenvalue weighted by molar-refractivity contribution is 7.33. The third kappa shape index (κ3) is 5.75. The van der Waals surface area contributed by atoms with Gasteiger partial charge in [-0.3, -0.25) is 4.52 Å². The van der Waals surface area contributed by atoms with Crippen molar-refractivity contribution in [3.63, 3.8) is 0 Å². The molecule has 0 spiro atoms. The molecule has 0 amide bonds. The molecular weight excluding hydrogens is 419 g/mol. The van der Waals surface area contributed by atoms with Crippen LogP contribution in [-0.4, -0.2) is 26.2 Å². The normalized spacial score (nSPS) is 11.0. The van der Waals surface area contributed by atoms with E-state index in [0.29, 0.717) is 28.0 Å². The molecule has 8 heteroatoms. The average Bonchev–Trinajstić information content (AvgIpc) is 2.82. The van der Waals surface area contributed by atoms with Crippen LogP contribution in [0.1, 0.15) is 37.9 Å². The largest absolute Gasteiger partial charge is 0.465 e. The maximum absolute atomic E-state index is 12.6. The van der Waals surface area contributed by atoms with Crippen LogP contribution in [0.5, 0.6) is 5.75 Å². The molecule has 7 nitrogen and oxygen atoms in total. The van der Waals surface area contributed by atoms with Gasteiger partial charge in [0.25, 0.3) is 0 Å². The second kappa shape index (κ2) is 10.5. The number of carbonyl (C=O) groups is 2. The number of para-hydroxylation sites is 1. The standard InChI is InChI=1S/C23H20O7P/c1-27-22(24)18-12-8-16(9-13-18)21(17-10-14-19(15-11-17)23(25)28-2)30-31(26)29-20-6-4-3-5-7-20/h3-15,21H,1-2H3. The Hall–Kier alpha value is -3.54. The van der Waals surface area contributed by atoms with Crippen molar-refractivity contribution in [2.75, 3.05) is 14.2 Å². The van der Waals surface area contributed by atoms with Crippen LogP contribution >= 0.6 is 8.25 Å². The van der Waals surface area contributed by atoms with Gasteiger partial charge in [-0.15, -0.1) is 0 Å². The van der Waals surface area contributed by atoms with Gasteiger partial charge in [0.05, 0.1) is 25.3 Å². The fourth-order valence-electron chi connectivity index (χ4n) is 2.81. The van der Waals surface area contributed by atoms with E-state index in [0.717, 1.165) is 0 Å². The van der Waals surface area contributed by atoms with E-state index < -0.39 is 26.3 Å². The quantitative estimate of drug-likeness (QED) is 0.356. The average molecular weight is 439 g/mol. The van der Waals surface area contributed by atoms with Gasteiger partial charge in [-0.05, 0) is 47.5 Å². The summed E-state index contributed by atoms with van der Waals surface area (Å²) in [6.45, 7) is 0. The van der Waals surface area contributed by atoms with Crippen LogP contribution in [0.4, 0.5) is 0 Å². The lowest BCUT2D eigenvalue weighted by molar-refractivity contribution is 0.0592. The van der Waals surface area contributed by atoms with Crippen LogP contribution in [0.3, 0.4) is 0 Å². The van der Waals surface area contributed by atoms with E-state index in [1.54, 1.807) is 72.8 Å². The third-order valence-corrected chi connectivity index (χ3v) is 5.13. The first kappa shape index (κ1) is 22.2. The summed E-state index contributed by atoms with van der Waals surface area (Å²) in [7, 11) is 0.0812. The van der Waals surface area contributed by atoms with Crippen molar-refractivity contribution in [3.05, 3.63) is 101 Å². The van der Waals surface area contributed by atoms with Crippen molar-refractivity contribution in [1.82, 2.24) is 0 Å². The molecule has 3 aromatic carbocycles. The molecule has 1 radical (unpaired) electrons. The smallest absolute Gasteiger partial charge is 0.429 e. The van der Waals surface area contributed by atoms with E-state index in [1.165, 1.54) is 14.2 Å². The second-order valence-corrected chi connectivity index (χ2v) is 7.18. The molecule has 159 valence electrons. The van der Waals surface area contributed by atoms with Gasteiger partial charge in [0.1, 0.15) is 11.9 Å². The number of hydrogen-bond acceptors (Lipinski definition) is 7. The van der Waals surface area contributed by atoms with Crippen LogP contribution in [0.25, 0.3) is 0 Å². The minimum atomic E-state index is -2.52. The molecule has 0 fully saturated rings. The minimum absolute atomic E-state index is 0.371. The zero-order valence-corrected chi connectivity index (χ0v) is 17.8. The van der Waals surface area contributed by atoms with Crippen molar-refractivity contribution < 1.29 is 32.7 Å². The van der Waals surface area contributed by atoms with Crippen molar-refractivity contribution in [1.29, 1.82) is 0 Å². The number of ether oxygens (including phenoxy) is 2. The Balaban J connectivity index is 1.88. The summed E-state index contributed by atoms with van der Waals surface area (Å²) in [6.07, 6.45) is -0.772. The molecule has 3 aromatic rings. The highest BCUT2D eigenvalue weighted by Crippen LogP contribution is 2.38. The summed E-state index contributed by atoms with van der Waals surface area (Å²) in [6, 6.07) is 21.7. The van der Waals surface area contributed by atoms with Gasteiger partial charge < -0.3 is 14.0 Å². The molecule has 0 N–H and O–H groups in total. The Bertz CT molecular complexity index is 988. The van der Waals surface area contributed by atoms with Crippen molar-refractivity contribution in [2.45, 2.75) is 6.10 Å². The summed E-state index contributed by atoms with van der Waals surface area (Å²) in [4.78, 5) is 23.4. The molecule has 31 heavy (non-hydrogen) atoms. The first-order valence-electron chi connectivity index (χ1n) is 9.25. The molecule has 0 saturated heterocycles. The summed E-state index contributed by atoms with van der Waals surface area (Å²) in [5, 5.41) is 0. The van der Waals surface area contributed by atoms with Gasteiger partial charge >= 0.3 is 20.2 Å². The molecule has 0 aliphatic rings. The maximum Gasteiger partial charge on any atom is 0.429 e. The van der Waals surface area contributed by atoms with Crippen LogP contribution in [0.15, 0.2) is 78.9 Å². The summed E-state index contributed by atoms with van der Waals surface area (Å²) < 4.78 is 33.1. The molecule has 1 unspecified atom stereocenters. The minimum Gasteiger partial charge on any atom is -0.465 e. The van der Waals surface area contributed by atoms with Crippen LogP contribution < -0.4 is 4.52 Å². The van der Waals surface area contributed by atoms with Gasteiger partial charge in [0, 0.05) is 0 Å². The Kier molecular flexibility index (Phi) is 7.49. The van der Waals surface area contributed by atoms with E-state index in [4.69, 9.17) is 18.5 Å². The van der Waals surface area contributed by atoms with Gasteiger partial charge in [-0.1, -0.05) is 42.5 Å². The fraction of sp³-hybridized carbons (Fsp3) is 0.130. The van der Waals surface area contributed by atoms with E-state index in [9.17, 15) is 14.2 Å². The topological polar surface area (TPSA) is 88.1 Å². The predicted molar refractivity (Wildman–Crippen MR) is 113 cm³/mol. The number of rotatable bonds is 8. The number of methoxy groups -OCH3 is 2. The van der Waals surface area contributed by atoms with E-state index >= 15 is 0 Å². The highest BCUT2D eigenvalue weighted by atomic mass is 31.1. The van der Waals surface area contributed by atoms with Crippen LogP contribution in [0, 0.1) is 0 Å². The van der Waals surface area contributed by atoms with Gasteiger partial charge in [0.15, 0.2) is 0 Å². The maximum atomic E-state index is 12.6. The zero-order chi connectivity index (χ0) is 22.2. The van der Waals surface area contributed by atoms with Crippen molar-refractivity contribution in [2.24, 2.45) is 0 Å². The summed E-state index contributed by atoms with van der Waals surface area (Å²) in [5.74, 6) is -0.528. The third-order valence-electron chi connectivity index (χ3n) is 4.38. The molecule has 1 atom stereocenters. The van der Waals surface area contributed by atoms with Crippen LogP contribution in [-0.2, 0) is 18.6 Å². The number of carbonyl (C=O) groups excluding carboxylic acids is 2. The van der Waals surface area contributed by atoms with E-state index in [-0.39, 0.29) is 0 Å². The lowest BCUT2D eigenvalue weighted by atomic mass is 9.99. The predicted octanol–water partition coefficient (Wildman–Crippen LogP) is 5.10. The Morgan fingerprint density at radius 3 is 1.58 bits per heavy atom. The number of benzene rings is 3. The first-order valence-corrected chi connectivity index (χ1v) is 10.3. The SMILES string of the molecule is COC(=O)c1ccc(C(O[P](=O)Oc2ccccc2)c2ccc(C(=O)OC)cc2)cc1. The van der Waals surface area contributed by atoms with Crippen LogP contribution in [0.2, 0.25) is 0 Å². The Morgan fingerprint density at radius 1 is 0.710 bits per heavy atom. The first-order chi connectivity index (χ1) is 15.0. The molecule has 0 aliphatic heterocycles. The Morgan fingerprint density at radius 2 is 1.16 bits per heavy atom. The Labute approximate surface area is 180 Å². The van der Waals surface area contributed by atoms with Gasteiger partial charge in [-0.2, -0.15) is 0 Å². The lowest BCUT2D eigenvalue weighted by Crippen LogP contribution is -2.07. The summed E-state index contributed by atoms with van der Waals surface area (Å²) in [5.41, 5.74) is 2.02. The van der Waals surface area contributed by atoms with Gasteiger partial charge in [0.2, 0.25) is 0 Å². The molecule has 0 saturated carbocycles. The monoisotopic (exact) mass is 439 g/mol. The zero-order valence-electron chi connectivity index (χ0n) is 16.9. The molecule has 0 aromatic heterocycles. The number of hydrogen-bond donors (Lipinski definition) is 0. The second-order valence-electron chi connectivity index (χ2n) is 6.34. The molecule has 0 aliphatic carbocycles. The van der Waals surface area contributed by atoms with E-state index in [2.05, 4.69) is 0 Å². The lowest BCUT2D eigenvalue weighted by Gasteiger charge is -2.18. The van der Waals surface area contributed by atoms with E-state index in [1.807, 2.05) is 6.07 Å². The molecular formula is C23H20O7P. The summed E-state index contributed by atoms with van der Waals surface area (Å²) >= 11 is 0. The number of esters is 2. The molecule has 3 rings (SSSR count). The fourth-order valence-corrected chi connectivity index (χ4v) is 3.57. The molecule has 0 bridgehead atoms.